The third-order valence-electron chi connectivity index (χ3n) is 1.75. The minimum absolute atomic E-state index is 0.522. The fourth-order valence-electron chi connectivity index (χ4n) is 1.09. The number of urea groups is 1. The highest BCUT2D eigenvalue weighted by atomic mass is 16.5. The SMILES string of the molecule is CC.CC.NCCCOc1ccccc1NC(N)=O. The van der Waals surface area contributed by atoms with Gasteiger partial charge in [-0.2, -0.15) is 0 Å². The highest BCUT2D eigenvalue weighted by Crippen LogP contribution is 2.23. The maximum atomic E-state index is 10.7. The number of hydrogen-bond acceptors (Lipinski definition) is 3. The fourth-order valence-corrected chi connectivity index (χ4v) is 1.09. The monoisotopic (exact) mass is 269 g/mol. The molecule has 0 aliphatic carbocycles. The Balaban J connectivity index is 0. The molecule has 0 saturated heterocycles. The van der Waals surface area contributed by atoms with Crippen LogP contribution >= 0.6 is 0 Å². The van der Waals surface area contributed by atoms with Crippen LogP contribution < -0.4 is 21.5 Å². The molecule has 1 aromatic rings. The summed E-state index contributed by atoms with van der Waals surface area (Å²) < 4.78 is 5.43. The first kappa shape index (κ1) is 19.6. The molecule has 0 aromatic heterocycles. The van der Waals surface area contributed by atoms with Gasteiger partial charge in [-0.15, -0.1) is 0 Å². The van der Waals surface area contributed by atoms with Crippen LogP contribution in [0.3, 0.4) is 0 Å². The second-order valence-electron chi connectivity index (χ2n) is 2.98. The number of anilines is 1. The van der Waals surface area contributed by atoms with Crippen molar-refractivity contribution in [2.45, 2.75) is 34.1 Å². The summed E-state index contributed by atoms with van der Waals surface area (Å²) >= 11 is 0. The molecule has 0 radical (unpaired) electrons. The zero-order valence-electron chi connectivity index (χ0n) is 12.4. The van der Waals surface area contributed by atoms with Crippen LogP contribution in [0, 0.1) is 0 Å². The Morgan fingerprint density at radius 2 is 1.79 bits per heavy atom. The number of para-hydroxylation sites is 2. The van der Waals surface area contributed by atoms with Gasteiger partial charge in [-0.3, -0.25) is 0 Å². The van der Waals surface area contributed by atoms with Gasteiger partial charge in [-0.1, -0.05) is 39.8 Å². The van der Waals surface area contributed by atoms with Crippen molar-refractivity contribution in [1.82, 2.24) is 0 Å². The number of carbonyl (C=O) groups is 1. The van der Waals surface area contributed by atoms with E-state index in [0.29, 0.717) is 24.6 Å². The third kappa shape index (κ3) is 9.91. The van der Waals surface area contributed by atoms with Gasteiger partial charge in [0.25, 0.3) is 0 Å². The first-order valence-electron chi connectivity index (χ1n) is 6.72. The van der Waals surface area contributed by atoms with Gasteiger partial charge < -0.3 is 21.5 Å². The zero-order chi connectivity index (χ0) is 15.1. The number of ether oxygens (including phenoxy) is 1. The van der Waals surface area contributed by atoms with E-state index < -0.39 is 6.03 Å². The summed E-state index contributed by atoms with van der Waals surface area (Å²) in [6, 6.07) is 6.50. The first-order chi connectivity index (χ1) is 9.24. The van der Waals surface area contributed by atoms with Gasteiger partial charge in [0.15, 0.2) is 0 Å². The number of hydrogen-bond donors (Lipinski definition) is 3. The van der Waals surface area contributed by atoms with Crippen LogP contribution in [-0.4, -0.2) is 19.2 Å². The minimum Gasteiger partial charge on any atom is -0.491 e. The van der Waals surface area contributed by atoms with E-state index in [1.165, 1.54) is 0 Å². The Bertz CT molecular complexity index is 330. The second kappa shape index (κ2) is 14.3. The van der Waals surface area contributed by atoms with E-state index in [4.69, 9.17) is 16.2 Å². The molecular formula is C14H27N3O2. The zero-order valence-corrected chi connectivity index (χ0v) is 12.4. The Kier molecular flexibility index (Phi) is 14.8. The molecule has 0 atom stereocenters. The predicted octanol–water partition coefficient (Wildman–Crippen LogP) is 2.96. The number of amides is 2. The lowest BCUT2D eigenvalue weighted by molar-refractivity contribution is 0.259. The van der Waals surface area contributed by atoms with Crippen LogP contribution in [0.25, 0.3) is 0 Å². The average Bonchev–Trinajstić information content (AvgIpc) is 2.45. The topological polar surface area (TPSA) is 90.4 Å². The molecular weight excluding hydrogens is 242 g/mol. The van der Waals surface area contributed by atoms with Gasteiger partial charge in [0.05, 0.1) is 12.3 Å². The van der Waals surface area contributed by atoms with Crippen molar-refractivity contribution in [3.63, 3.8) is 0 Å². The van der Waals surface area contributed by atoms with Gasteiger partial charge in [-0.25, -0.2) is 4.79 Å². The molecule has 0 spiro atoms. The van der Waals surface area contributed by atoms with Gasteiger partial charge in [0, 0.05) is 0 Å². The number of benzene rings is 1. The smallest absolute Gasteiger partial charge is 0.316 e. The summed E-state index contributed by atoms with van der Waals surface area (Å²) in [5.74, 6) is 0.602. The van der Waals surface area contributed by atoms with Crippen LogP contribution in [0.4, 0.5) is 10.5 Å². The number of carbonyl (C=O) groups excluding carboxylic acids is 1. The summed E-state index contributed by atoms with van der Waals surface area (Å²) in [6.45, 7) is 9.10. The van der Waals surface area contributed by atoms with Crippen molar-refractivity contribution in [1.29, 1.82) is 0 Å². The summed E-state index contributed by atoms with van der Waals surface area (Å²) in [6.07, 6.45) is 0.769. The normalized spacial score (nSPS) is 8.26. The van der Waals surface area contributed by atoms with Crippen molar-refractivity contribution in [2.24, 2.45) is 11.5 Å². The highest BCUT2D eigenvalue weighted by Gasteiger charge is 2.03. The van der Waals surface area contributed by atoms with Crippen molar-refractivity contribution >= 4 is 11.7 Å². The summed E-state index contributed by atoms with van der Waals surface area (Å²) in [5, 5.41) is 2.48. The molecule has 0 saturated carbocycles. The number of nitrogens with two attached hydrogens (primary N) is 2. The molecule has 5 N–H and O–H groups in total. The van der Waals surface area contributed by atoms with Gasteiger partial charge in [-0.05, 0) is 25.1 Å². The molecule has 0 aliphatic heterocycles. The number of nitrogens with one attached hydrogen (secondary N) is 1. The molecule has 1 aromatic carbocycles. The summed E-state index contributed by atoms with van der Waals surface area (Å²) in [7, 11) is 0. The van der Waals surface area contributed by atoms with Crippen LogP contribution in [0.2, 0.25) is 0 Å². The van der Waals surface area contributed by atoms with E-state index in [2.05, 4.69) is 5.32 Å². The molecule has 2 amide bonds. The lowest BCUT2D eigenvalue weighted by Gasteiger charge is -2.10. The van der Waals surface area contributed by atoms with Crippen LogP contribution in [0.15, 0.2) is 24.3 Å². The molecule has 1 rings (SSSR count). The maximum Gasteiger partial charge on any atom is 0.316 e. The lowest BCUT2D eigenvalue weighted by atomic mass is 10.3. The number of primary amides is 1. The molecule has 0 aliphatic rings. The minimum atomic E-state index is -0.607. The Morgan fingerprint density at radius 3 is 2.32 bits per heavy atom. The summed E-state index contributed by atoms with van der Waals surface area (Å²) in [5.41, 5.74) is 10.9. The Labute approximate surface area is 116 Å². The molecule has 0 unspecified atom stereocenters. The third-order valence-corrected chi connectivity index (χ3v) is 1.75. The molecule has 0 fully saturated rings. The predicted molar refractivity (Wildman–Crippen MR) is 81.5 cm³/mol. The molecule has 0 bridgehead atoms. The quantitative estimate of drug-likeness (QED) is 0.718. The van der Waals surface area contributed by atoms with Crippen molar-refractivity contribution in [3.8, 4) is 5.75 Å². The molecule has 110 valence electrons. The molecule has 19 heavy (non-hydrogen) atoms. The molecule has 0 heterocycles. The van der Waals surface area contributed by atoms with Crippen molar-refractivity contribution < 1.29 is 9.53 Å². The van der Waals surface area contributed by atoms with Crippen LogP contribution in [0.1, 0.15) is 34.1 Å². The Morgan fingerprint density at radius 1 is 1.21 bits per heavy atom. The average molecular weight is 269 g/mol. The second-order valence-corrected chi connectivity index (χ2v) is 2.98. The van der Waals surface area contributed by atoms with Crippen molar-refractivity contribution in [2.75, 3.05) is 18.5 Å². The van der Waals surface area contributed by atoms with Crippen LogP contribution in [-0.2, 0) is 0 Å². The van der Waals surface area contributed by atoms with Gasteiger partial charge >= 0.3 is 6.03 Å². The van der Waals surface area contributed by atoms with E-state index in [1.807, 2.05) is 33.8 Å². The number of rotatable bonds is 5. The van der Waals surface area contributed by atoms with Gasteiger partial charge in [0.2, 0.25) is 0 Å². The van der Waals surface area contributed by atoms with Crippen molar-refractivity contribution in [3.05, 3.63) is 24.3 Å². The molecule has 5 nitrogen and oxygen atoms in total. The largest absolute Gasteiger partial charge is 0.491 e. The standard InChI is InChI=1S/C10H15N3O2.2C2H6/c11-6-3-7-15-9-5-2-1-4-8(9)13-10(12)14;2*1-2/h1-2,4-5H,3,6-7,11H2,(H3,12,13,14);2*1-2H3. The lowest BCUT2D eigenvalue weighted by Crippen LogP contribution is -2.20. The highest BCUT2D eigenvalue weighted by molar-refractivity contribution is 5.89. The van der Waals surface area contributed by atoms with E-state index in [9.17, 15) is 4.79 Å². The maximum absolute atomic E-state index is 10.7. The van der Waals surface area contributed by atoms with E-state index in [0.717, 1.165) is 6.42 Å². The van der Waals surface area contributed by atoms with E-state index >= 15 is 0 Å². The fraction of sp³-hybridized carbons (Fsp3) is 0.500. The van der Waals surface area contributed by atoms with Gasteiger partial charge in [0.1, 0.15) is 5.75 Å². The van der Waals surface area contributed by atoms with E-state index in [-0.39, 0.29) is 0 Å². The van der Waals surface area contributed by atoms with E-state index in [1.54, 1.807) is 18.2 Å². The first-order valence-corrected chi connectivity index (χ1v) is 6.72. The molecule has 5 heteroatoms. The van der Waals surface area contributed by atoms with Crippen LogP contribution in [0.5, 0.6) is 5.75 Å². The Hall–Kier alpha value is -1.75. The summed E-state index contributed by atoms with van der Waals surface area (Å²) in [4.78, 5) is 10.7.